The molecule has 0 unspecified atom stereocenters. The van der Waals surface area contributed by atoms with Gasteiger partial charge in [-0.15, -0.1) is 0 Å². The Labute approximate surface area is 205 Å². The molecule has 0 aromatic carbocycles. The van der Waals surface area contributed by atoms with Crippen molar-refractivity contribution >= 4 is 0 Å². The van der Waals surface area contributed by atoms with Crippen molar-refractivity contribution in [3.63, 3.8) is 0 Å². The molecule has 4 fully saturated rings. The zero-order valence-electron chi connectivity index (χ0n) is 21.2. The van der Waals surface area contributed by atoms with Crippen LogP contribution < -0.4 is 0 Å². The molecule has 34 heavy (non-hydrogen) atoms. The Bertz CT molecular complexity index is 777. The van der Waals surface area contributed by atoms with Crippen molar-refractivity contribution in [2.75, 3.05) is 19.6 Å². The number of allylic oxidation sites excluding steroid dienone is 3. The molecule has 0 radical (unpaired) electrons. The van der Waals surface area contributed by atoms with Crippen LogP contribution in [0.4, 0.5) is 8.78 Å². The maximum Gasteiger partial charge on any atom is 0.238 e. The van der Waals surface area contributed by atoms with E-state index in [1.54, 1.807) is 5.57 Å². The van der Waals surface area contributed by atoms with Gasteiger partial charge in [0.15, 0.2) is 0 Å². The van der Waals surface area contributed by atoms with Crippen LogP contribution in [0.1, 0.15) is 78.1 Å². The van der Waals surface area contributed by atoms with E-state index in [0.29, 0.717) is 35.7 Å². The lowest BCUT2D eigenvalue weighted by molar-refractivity contribution is 0.0887. The molecular weight excluding hydrogens is 432 g/mol. The summed E-state index contributed by atoms with van der Waals surface area (Å²) in [5, 5.41) is 20.3. The van der Waals surface area contributed by atoms with Gasteiger partial charge in [0.2, 0.25) is 6.43 Å². The fourth-order valence-corrected chi connectivity index (χ4v) is 7.79. The molecule has 0 aromatic rings. The topological polar surface area (TPSA) is 43.7 Å². The van der Waals surface area contributed by atoms with Crippen LogP contribution in [0.15, 0.2) is 35.5 Å². The van der Waals surface area contributed by atoms with E-state index in [1.165, 1.54) is 25.7 Å². The van der Waals surface area contributed by atoms with Crippen LogP contribution in [-0.4, -0.2) is 53.4 Å². The molecule has 1 aliphatic heterocycles. The zero-order valence-corrected chi connectivity index (χ0v) is 21.2. The van der Waals surface area contributed by atoms with E-state index in [1.807, 2.05) is 0 Å². The second-order valence-corrected chi connectivity index (χ2v) is 12.0. The highest BCUT2D eigenvalue weighted by Crippen LogP contribution is 2.59. The zero-order chi connectivity index (χ0) is 24.5. The maximum absolute atomic E-state index is 12.7. The van der Waals surface area contributed by atoms with Gasteiger partial charge in [0, 0.05) is 13.0 Å². The minimum Gasteiger partial charge on any atom is -0.388 e. The fourth-order valence-electron chi connectivity index (χ4n) is 7.79. The van der Waals surface area contributed by atoms with Crippen molar-refractivity contribution in [3.05, 3.63) is 35.5 Å². The average Bonchev–Trinajstić information content (AvgIpc) is 3.37. The summed E-state index contributed by atoms with van der Waals surface area (Å²) in [6, 6.07) is 0. The van der Waals surface area contributed by atoms with Crippen molar-refractivity contribution in [1.29, 1.82) is 0 Å². The first-order valence-electron chi connectivity index (χ1n) is 13.6. The highest BCUT2D eigenvalue weighted by molar-refractivity contribution is 5.29. The monoisotopic (exact) mass is 477 g/mol. The van der Waals surface area contributed by atoms with Crippen molar-refractivity contribution in [1.82, 2.24) is 4.90 Å². The number of likely N-dealkylation sites (tertiary alicyclic amines) is 1. The summed E-state index contributed by atoms with van der Waals surface area (Å²) in [5.74, 6) is 2.17. The van der Waals surface area contributed by atoms with Crippen LogP contribution in [0.5, 0.6) is 0 Å². The van der Waals surface area contributed by atoms with Crippen LogP contribution in [0, 0.1) is 29.1 Å². The Morgan fingerprint density at radius 3 is 2.59 bits per heavy atom. The molecule has 5 heteroatoms. The van der Waals surface area contributed by atoms with E-state index >= 15 is 0 Å². The van der Waals surface area contributed by atoms with Crippen LogP contribution in [0.2, 0.25) is 0 Å². The van der Waals surface area contributed by atoms with Gasteiger partial charge < -0.3 is 15.1 Å². The van der Waals surface area contributed by atoms with Crippen molar-refractivity contribution in [2.24, 2.45) is 29.1 Å². The molecule has 1 heterocycles. The molecule has 7 atom stereocenters. The summed E-state index contributed by atoms with van der Waals surface area (Å²) in [4.78, 5) is 2.42. The van der Waals surface area contributed by atoms with Gasteiger partial charge in [-0.1, -0.05) is 43.7 Å². The normalized spacial score (nSPS) is 39.1. The molecule has 192 valence electrons. The highest BCUT2D eigenvalue weighted by Gasteiger charge is 2.50. The number of hydrogen-bond donors (Lipinski definition) is 2. The lowest BCUT2D eigenvalue weighted by atomic mass is 9.61. The first-order chi connectivity index (χ1) is 16.2. The van der Waals surface area contributed by atoms with E-state index in [9.17, 15) is 19.0 Å². The SMILES string of the molecule is C=C1[C@H](O)CC(=C/C=C2\CCC[C@]3(C)[C@@H]([C@H](C)CCN4CC[C@@H](CC(F)F)C4)CC[C@@H]23)C[C@H]1O. The Morgan fingerprint density at radius 1 is 1.15 bits per heavy atom. The highest BCUT2D eigenvalue weighted by atomic mass is 19.3. The second-order valence-electron chi connectivity index (χ2n) is 12.0. The van der Waals surface area contributed by atoms with Gasteiger partial charge in [-0.25, -0.2) is 8.78 Å². The van der Waals surface area contributed by atoms with Gasteiger partial charge in [0.25, 0.3) is 0 Å². The Morgan fingerprint density at radius 2 is 1.88 bits per heavy atom. The summed E-state index contributed by atoms with van der Waals surface area (Å²) in [6.07, 6.45) is 10.6. The van der Waals surface area contributed by atoms with E-state index in [4.69, 9.17) is 0 Å². The van der Waals surface area contributed by atoms with E-state index < -0.39 is 18.6 Å². The summed E-state index contributed by atoms with van der Waals surface area (Å²) in [6.45, 7) is 11.6. The molecule has 3 saturated carbocycles. The Hall–Kier alpha value is -1.04. The van der Waals surface area contributed by atoms with E-state index in [-0.39, 0.29) is 12.3 Å². The summed E-state index contributed by atoms with van der Waals surface area (Å²) >= 11 is 0. The summed E-state index contributed by atoms with van der Waals surface area (Å²) < 4.78 is 25.4. The number of fused-ring (bicyclic) bond motifs is 1. The van der Waals surface area contributed by atoms with Gasteiger partial charge in [-0.3, -0.25) is 0 Å². The van der Waals surface area contributed by atoms with Gasteiger partial charge in [0.05, 0.1) is 12.2 Å². The third-order valence-corrected chi connectivity index (χ3v) is 9.81. The molecule has 0 bridgehead atoms. The minimum absolute atomic E-state index is 0.0619. The van der Waals surface area contributed by atoms with Gasteiger partial charge in [-0.2, -0.15) is 0 Å². The first-order valence-corrected chi connectivity index (χ1v) is 13.6. The first kappa shape index (κ1) is 26.0. The number of nitrogens with zero attached hydrogens (tertiary/aromatic N) is 1. The van der Waals surface area contributed by atoms with Crippen LogP contribution in [0.3, 0.4) is 0 Å². The quantitative estimate of drug-likeness (QED) is 0.434. The summed E-state index contributed by atoms with van der Waals surface area (Å²) in [5.41, 5.74) is 3.55. The predicted molar refractivity (Wildman–Crippen MR) is 134 cm³/mol. The fraction of sp³-hybridized carbons (Fsp3) is 0.793. The van der Waals surface area contributed by atoms with Crippen LogP contribution in [0.25, 0.3) is 0 Å². The van der Waals surface area contributed by atoms with Crippen LogP contribution >= 0.6 is 0 Å². The smallest absolute Gasteiger partial charge is 0.238 e. The number of rotatable bonds is 7. The van der Waals surface area contributed by atoms with Crippen molar-refractivity contribution < 1.29 is 19.0 Å². The lowest BCUT2D eigenvalue weighted by Gasteiger charge is -2.44. The molecule has 2 N–H and O–H groups in total. The van der Waals surface area contributed by atoms with E-state index in [2.05, 4.69) is 37.5 Å². The molecule has 4 aliphatic rings. The molecule has 3 nitrogen and oxygen atoms in total. The lowest BCUT2D eigenvalue weighted by Crippen LogP contribution is -2.37. The molecule has 0 amide bonds. The second kappa shape index (κ2) is 10.9. The predicted octanol–water partition coefficient (Wildman–Crippen LogP) is 6.13. The molecule has 3 aliphatic carbocycles. The molecule has 0 aromatic heterocycles. The maximum atomic E-state index is 12.7. The molecule has 4 rings (SSSR count). The number of hydrogen-bond acceptors (Lipinski definition) is 3. The third kappa shape index (κ3) is 5.68. The summed E-state index contributed by atoms with van der Waals surface area (Å²) in [7, 11) is 0. The molecule has 1 saturated heterocycles. The van der Waals surface area contributed by atoms with Gasteiger partial charge in [0.1, 0.15) is 0 Å². The molecule has 0 spiro atoms. The van der Waals surface area contributed by atoms with Crippen molar-refractivity contribution in [3.8, 4) is 0 Å². The van der Waals surface area contributed by atoms with Crippen LogP contribution in [-0.2, 0) is 0 Å². The number of alkyl halides is 2. The average molecular weight is 478 g/mol. The van der Waals surface area contributed by atoms with E-state index in [0.717, 1.165) is 50.4 Å². The standard InChI is InChI=1S/C29H45F2NO2/c1-19(10-13-32-14-11-22(18-32)17-28(30)31)24-8-9-25-23(5-4-12-29(24,25)3)7-6-21-15-26(33)20(2)27(34)16-21/h6-7,19,22,24-28,33-34H,2,4-5,8-18H2,1,3H3/b23-7+/t19-,22+,24-,25+,26-,27-,29-/m1/s1. The Kier molecular flexibility index (Phi) is 8.36. The van der Waals surface area contributed by atoms with Crippen molar-refractivity contribution in [2.45, 2.75) is 96.7 Å². The Balaban J connectivity index is 1.35. The largest absolute Gasteiger partial charge is 0.388 e. The number of halogens is 2. The van der Waals surface area contributed by atoms with Gasteiger partial charge >= 0.3 is 0 Å². The molecular formula is C29H45F2NO2. The number of aliphatic hydroxyl groups excluding tert-OH is 2. The third-order valence-electron chi connectivity index (χ3n) is 9.81. The number of aliphatic hydroxyl groups is 2. The van der Waals surface area contributed by atoms with Gasteiger partial charge in [-0.05, 0) is 106 Å². The minimum atomic E-state index is -2.17.